The van der Waals surface area contributed by atoms with E-state index in [2.05, 4.69) is 24.0 Å². The molecule has 1 saturated heterocycles. The Morgan fingerprint density at radius 2 is 1.81 bits per heavy atom. The van der Waals surface area contributed by atoms with Gasteiger partial charge in [0.15, 0.2) is 0 Å². The Morgan fingerprint density at radius 3 is 2.57 bits per heavy atom. The molecule has 1 fully saturated rings. The first-order valence-electron chi connectivity index (χ1n) is 7.56. The van der Waals surface area contributed by atoms with Crippen LogP contribution in [-0.4, -0.2) is 19.1 Å². The molecule has 0 aromatic heterocycles. The number of piperidine rings is 1. The van der Waals surface area contributed by atoms with Crippen molar-refractivity contribution in [1.82, 2.24) is 0 Å². The first-order valence-corrected chi connectivity index (χ1v) is 7.56. The Balaban J connectivity index is 1.74. The van der Waals surface area contributed by atoms with Crippen LogP contribution < -0.4 is 15.4 Å². The van der Waals surface area contributed by atoms with E-state index in [9.17, 15) is 0 Å². The first kappa shape index (κ1) is 14.0. The summed E-state index contributed by atoms with van der Waals surface area (Å²) in [6.45, 7) is 4.25. The summed E-state index contributed by atoms with van der Waals surface area (Å²) in [6, 6.07) is 18.5. The van der Waals surface area contributed by atoms with Crippen LogP contribution in [0.3, 0.4) is 0 Å². The molecule has 3 rings (SSSR count). The molecule has 0 saturated carbocycles. The zero-order valence-electron chi connectivity index (χ0n) is 12.4. The molecule has 21 heavy (non-hydrogen) atoms. The second-order valence-corrected chi connectivity index (χ2v) is 5.79. The molecule has 2 atom stereocenters. The van der Waals surface area contributed by atoms with Crippen LogP contribution in [0, 0.1) is 5.92 Å². The largest absolute Gasteiger partial charge is 0.457 e. The van der Waals surface area contributed by atoms with Crippen molar-refractivity contribution in [3.63, 3.8) is 0 Å². The third kappa shape index (κ3) is 3.37. The number of rotatable bonds is 3. The second kappa shape index (κ2) is 6.19. The monoisotopic (exact) mass is 282 g/mol. The second-order valence-electron chi connectivity index (χ2n) is 5.79. The maximum Gasteiger partial charge on any atom is 0.129 e. The van der Waals surface area contributed by atoms with Crippen LogP contribution in [0.1, 0.15) is 13.3 Å². The SMILES string of the molecule is CC1CN(c2cccc(Oc3ccccc3)c2)CCC1N. The highest BCUT2D eigenvalue weighted by atomic mass is 16.5. The molecule has 2 aromatic carbocycles. The van der Waals surface area contributed by atoms with Crippen LogP contribution in [0.5, 0.6) is 11.5 Å². The third-order valence-electron chi connectivity index (χ3n) is 4.13. The molecular weight excluding hydrogens is 260 g/mol. The summed E-state index contributed by atoms with van der Waals surface area (Å²) >= 11 is 0. The molecule has 0 aliphatic carbocycles. The van der Waals surface area contributed by atoms with Crippen molar-refractivity contribution in [2.24, 2.45) is 11.7 Å². The first-order chi connectivity index (χ1) is 10.2. The van der Waals surface area contributed by atoms with Gasteiger partial charge in [-0.25, -0.2) is 0 Å². The van der Waals surface area contributed by atoms with Crippen LogP contribution in [0.25, 0.3) is 0 Å². The molecule has 1 aliphatic heterocycles. The Labute approximate surface area is 126 Å². The summed E-state index contributed by atoms with van der Waals surface area (Å²) in [5.74, 6) is 2.27. The minimum Gasteiger partial charge on any atom is -0.457 e. The molecule has 1 heterocycles. The van der Waals surface area contributed by atoms with Crippen molar-refractivity contribution in [3.05, 3.63) is 54.6 Å². The molecule has 3 heteroatoms. The average molecular weight is 282 g/mol. The molecule has 3 nitrogen and oxygen atoms in total. The lowest BCUT2D eigenvalue weighted by molar-refractivity contribution is 0.382. The van der Waals surface area contributed by atoms with Crippen LogP contribution in [0.2, 0.25) is 0 Å². The van der Waals surface area contributed by atoms with Gasteiger partial charge in [0, 0.05) is 30.9 Å². The summed E-state index contributed by atoms with van der Waals surface area (Å²) in [5, 5.41) is 0. The molecule has 1 aliphatic rings. The number of ether oxygens (including phenoxy) is 1. The van der Waals surface area contributed by atoms with Gasteiger partial charge in [-0.1, -0.05) is 31.2 Å². The minimum atomic E-state index is 0.324. The van der Waals surface area contributed by atoms with Crippen LogP contribution >= 0.6 is 0 Å². The average Bonchev–Trinajstić information content (AvgIpc) is 2.51. The fourth-order valence-corrected chi connectivity index (χ4v) is 2.77. The molecular formula is C18H22N2O. The number of benzene rings is 2. The summed E-state index contributed by atoms with van der Waals surface area (Å²) in [7, 11) is 0. The Bertz CT molecular complexity index is 585. The number of nitrogens with two attached hydrogens (primary N) is 1. The summed E-state index contributed by atoms with van der Waals surface area (Å²) in [6.07, 6.45) is 1.05. The molecule has 2 N–H and O–H groups in total. The number of para-hydroxylation sites is 1. The van der Waals surface area contributed by atoms with Gasteiger partial charge in [0.2, 0.25) is 0 Å². The van der Waals surface area contributed by atoms with E-state index in [1.165, 1.54) is 5.69 Å². The Morgan fingerprint density at radius 1 is 1.05 bits per heavy atom. The number of hydrogen-bond acceptors (Lipinski definition) is 3. The number of nitrogens with zero attached hydrogens (tertiary/aromatic N) is 1. The molecule has 0 bridgehead atoms. The van der Waals surface area contributed by atoms with E-state index in [1.807, 2.05) is 42.5 Å². The van der Waals surface area contributed by atoms with Crippen LogP contribution in [0.15, 0.2) is 54.6 Å². The summed E-state index contributed by atoms with van der Waals surface area (Å²) < 4.78 is 5.91. The number of anilines is 1. The molecule has 110 valence electrons. The van der Waals surface area contributed by atoms with Gasteiger partial charge in [-0.2, -0.15) is 0 Å². The van der Waals surface area contributed by atoms with Gasteiger partial charge in [0.25, 0.3) is 0 Å². The summed E-state index contributed by atoms with van der Waals surface area (Å²) in [4.78, 5) is 2.39. The fourth-order valence-electron chi connectivity index (χ4n) is 2.77. The van der Waals surface area contributed by atoms with Gasteiger partial charge in [-0.15, -0.1) is 0 Å². The highest BCUT2D eigenvalue weighted by Crippen LogP contribution is 2.28. The zero-order chi connectivity index (χ0) is 14.7. The van der Waals surface area contributed by atoms with E-state index in [-0.39, 0.29) is 0 Å². The molecule has 2 unspecified atom stereocenters. The normalized spacial score (nSPS) is 22.1. The standard InChI is InChI=1S/C18H22N2O/c1-14-13-20(11-10-18(14)19)15-6-5-9-17(12-15)21-16-7-3-2-4-8-16/h2-9,12,14,18H,10-11,13,19H2,1H3. The quantitative estimate of drug-likeness (QED) is 0.934. The predicted octanol–water partition coefficient (Wildman–Crippen LogP) is 3.65. The lowest BCUT2D eigenvalue weighted by atomic mass is 9.94. The molecule has 0 amide bonds. The molecule has 0 spiro atoms. The van der Waals surface area contributed by atoms with Gasteiger partial charge in [-0.05, 0) is 36.6 Å². The Kier molecular flexibility index (Phi) is 4.11. The van der Waals surface area contributed by atoms with Crippen LogP contribution in [0.4, 0.5) is 5.69 Å². The lowest BCUT2D eigenvalue weighted by Crippen LogP contribution is -2.45. The van der Waals surface area contributed by atoms with Crippen molar-refractivity contribution < 1.29 is 4.74 Å². The number of hydrogen-bond donors (Lipinski definition) is 1. The summed E-state index contributed by atoms with van der Waals surface area (Å²) in [5.41, 5.74) is 7.31. The van der Waals surface area contributed by atoms with Crippen molar-refractivity contribution in [2.45, 2.75) is 19.4 Å². The highest BCUT2D eigenvalue weighted by molar-refractivity contribution is 5.52. The van der Waals surface area contributed by atoms with E-state index in [0.29, 0.717) is 12.0 Å². The fraction of sp³-hybridized carbons (Fsp3) is 0.333. The molecule has 0 radical (unpaired) electrons. The van der Waals surface area contributed by atoms with Crippen molar-refractivity contribution in [1.29, 1.82) is 0 Å². The van der Waals surface area contributed by atoms with E-state index < -0.39 is 0 Å². The van der Waals surface area contributed by atoms with Gasteiger partial charge in [0.1, 0.15) is 11.5 Å². The topological polar surface area (TPSA) is 38.5 Å². The van der Waals surface area contributed by atoms with Gasteiger partial charge in [0.05, 0.1) is 0 Å². The van der Waals surface area contributed by atoms with E-state index >= 15 is 0 Å². The smallest absolute Gasteiger partial charge is 0.129 e. The van der Waals surface area contributed by atoms with E-state index in [0.717, 1.165) is 31.0 Å². The highest BCUT2D eigenvalue weighted by Gasteiger charge is 2.23. The van der Waals surface area contributed by atoms with Gasteiger partial charge < -0.3 is 15.4 Å². The van der Waals surface area contributed by atoms with Crippen molar-refractivity contribution >= 4 is 5.69 Å². The van der Waals surface area contributed by atoms with Crippen LogP contribution in [-0.2, 0) is 0 Å². The lowest BCUT2D eigenvalue weighted by Gasteiger charge is -2.36. The Hall–Kier alpha value is -2.00. The third-order valence-corrected chi connectivity index (χ3v) is 4.13. The van der Waals surface area contributed by atoms with Gasteiger partial charge in [-0.3, -0.25) is 0 Å². The van der Waals surface area contributed by atoms with Gasteiger partial charge >= 0.3 is 0 Å². The zero-order valence-corrected chi connectivity index (χ0v) is 12.4. The van der Waals surface area contributed by atoms with Crippen molar-refractivity contribution in [2.75, 3.05) is 18.0 Å². The molecule has 2 aromatic rings. The maximum absolute atomic E-state index is 6.10. The van der Waals surface area contributed by atoms with E-state index in [1.54, 1.807) is 0 Å². The van der Waals surface area contributed by atoms with E-state index in [4.69, 9.17) is 10.5 Å². The minimum absolute atomic E-state index is 0.324. The maximum atomic E-state index is 6.10. The van der Waals surface area contributed by atoms with Crippen molar-refractivity contribution in [3.8, 4) is 11.5 Å². The predicted molar refractivity (Wildman–Crippen MR) is 86.9 cm³/mol.